The summed E-state index contributed by atoms with van der Waals surface area (Å²) in [5, 5.41) is 8.54. The third kappa shape index (κ3) is 5.00. The predicted octanol–water partition coefficient (Wildman–Crippen LogP) is 3.05. The lowest BCUT2D eigenvalue weighted by Gasteiger charge is -2.03. The van der Waals surface area contributed by atoms with E-state index in [2.05, 4.69) is 0 Å². The standard InChI is InChI=1S/C18H16O5/c1-22-16-4-2-3-13(11-16)5-10-17(19)14-6-8-15(9-7-14)23-12-18(20)21/h2-11H,12H2,1H3,(H,20,21). The SMILES string of the molecule is COc1cccc(C=CC(=O)c2ccc(OCC(=O)O)cc2)c1. The molecule has 0 heterocycles. The first-order valence-corrected chi connectivity index (χ1v) is 6.89. The fraction of sp³-hybridized carbons (Fsp3) is 0.111. The molecule has 0 amide bonds. The average molecular weight is 312 g/mol. The number of carbonyl (C=O) groups excluding carboxylic acids is 1. The molecule has 1 N–H and O–H groups in total. The zero-order valence-electron chi connectivity index (χ0n) is 12.6. The molecule has 23 heavy (non-hydrogen) atoms. The van der Waals surface area contributed by atoms with E-state index in [4.69, 9.17) is 14.6 Å². The van der Waals surface area contributed by atoms with Gasteiger partial charge in [-0.3, -0.25) is 4.79 Å². The highest BCUT2D eigenvalue weighted by molar-refractivity contribution is 6.06. The Morgan fingerprint density at radius 2 is 1.83 bits per heavy atom. The van der Waals surface area contributed by atoms with Crippen LogP contribution in [0.5, 0.6) is 11.5 Å². The number of hydrogen-bond donors (Lipinski definition) is 1. The zero-order chi connectivity index (χ0) is 16.7. The van der Waals surface area contributed by atoms with Gasteiger partial charge in [0.15, 0.2) is 12.4 Å². The fourth-order valence-corrected chi connectivity index (χ4v) is 1.87. The Labute approximate surface area is 133 Å². The van der Waals surface area contributed by atoms with E-state index < -0.39 is 12.6 Å². The summed E-state index contributed by atoms with van der Waals surface area (Å²) in [6.07, 6.45) is 3.18. The summed E-state index contributed by atoms with van der Waals surface area (Å²) in [6, 6.07) is 13.7. The van der Waals surface area contributed by atoms with Crippen molar-refractivity contribution in [1.82, 2.24) is 0 Å². The van der Waals surface area contributed by atoms with Crippen LogP contribution in [0.1, 0.15) is 15.9 Å². The van der Waals surface area contributed by atoms with Gasteiger partial charge < -0.3 is 14.6 Å². The Balaban J connectivity index is 2.02. The first kappa shape index (κ1) is 16.3. The second kappa shape index (κ2) is 7.79. The highest BCUT2D eigenvalue weighted by atomic mass is 16.5. The van der Waals surface area contributed by atoms with Crippen LogP contribution in [0.15, 0.2) is 54.6 Å². The largest absolute Gasteiger partial charge is 0.497 e. The summed E-state index contributed by atoms with van der Waals surface area (Å²) in [6.45, 7) is -0.414. The van der Waals surface area contributed by atoms with Crippen molar-refractivity contribution in [2.75, 3.05) is 13.7 Å². The van der Waals surface area contributed by atoms with Crippen molar-refractivity contribution in [3.63, 3.8) is 0 Å². The molecule has 0 unspecified atom stereocenters. The van der Waals surface area contributed by atoms with Crippen molar-refractivity contribution in [2.24, 2.45) is 0 Å². The van der Waals surface area contributed by atoms with Crippen LogP contribution in [0.3, 0.4) is 0 Å². The molecule has 5 nitrogen and oxygen atoms in total. The van der Waals surface area contributed by atoms with E-state index in [9.17, 15) is 9.59 Å². The number of ketones is 1. The molecule has 0 aliphatic rings. The van der Waals surface area contributed by atoms with Gasteiger partial charge in [0, 0.05) is 5.56 Å². The van der Waals surface area contributed by atoms with Crippen molar-refractivity contribution in [1.29, 1.82) is 0 Å². The van der Waals surface area contributed by atoms with Gasteiger partial charge in [-0.25, -0.2) is 4.79 Å². The van der Waals surface area contributed by atoms with Crippen LogP contribution in [-0.4, -0.2) is 30.6 Å². The molecular formula is C18H16O5. The van der Waals surface area contributed by atoms with Gasteiger partial charge in [0.1, 0.15) is 11.5 Å². The second-order valence-corrected chi connectivity index (χ2v) is 4.68. The molecule has 0 fully saturated rings. The Kier molecular flexibility index (Phi) is 5.52. The quantitative estimate of drug-likeness (QED) is 0.628. The number of ether oxygens (including phenoxy) is 2. The van der Waals surface area contributed by atoms with E-state index in [-0.39, 0.29) is 5.78 Å². The molecule has 0 spiro atoms. The molecule has 0 aliphatic heterocycles. The van der Waals surface area contributed by atoms with Crippen LogP contribution in [0, 0.1) is 0 Å². The number of carboxylic acid groups (broad SMARTS) is 1. The lowest BCUT2D eigenvalue weighted by atomic mass is 10.1. The molecule has 118 valence electrons. The lowest BCUT2D eigenvalue weighted by molar-refractivity contribution is -0.139. The maximum atomic E-state index is 12.1. The lowest BCUT2D eigenvalue weighted by Crippen LogP contribution is -2.09. The van der Waals surface area contributed by atoms with Crippen LogP contribution in [0.2, 0.25) is 0 Å². The maximum Gasteiger partial charge on any atom is 0.341 e. The van der Waals surface area contributed by atoms with Gasteiger partial charge in [0.05, 0.1) is 7.11 Å². The number of aliphatic carboxylic acids is 1. The number of allylic oxidation sites excluding steroid dienone is 1. The Morgan fingerprint density at radius 1 is 1.09 bits per heavy atom. The van der Waals surface area contributed by atoms with Crippen LogP contribution >= 0.6 is 0 Å². The molecule has 0 saturated heterocycles. The van der Waals surface area contributed by atoms with Gasteiger partial charge in [-0.1, -0.05) is 18.2 Å². The van der Waals surface area contributed by atoms with Crippen LogP contribution in [0.4, 0.5) is 0 Å². The number of benzene rings is 2. The highest BCUT2D eigenvalue weighted by Crippen LogP contribution is 2.15. The van der Waals surface area contributed by atoms with Crippen molar-refractivity contribution < 1.29 is 24.2 Å². The van der Waals surface area contributed by atoms with Crippen LogP contribution in [0.25, 0.3) is 6.08 Å². The Hall–Kier alpha value is -3.08. The van der Waals surface area contributed by atoms with Crippen molar-refractivity contribution in [2.45, 2.75) is 0 Å². The molecule has 0 bridgehead atoms. The average Bonchev–Trinajstić information content (AvgIpc) is 2.58. The summed E-state index contributed by atoms with van der Waals surface area (Å²) in [5.74, 6) is -0.0794. The molecule has 0 saturated carbocycles. The minimum atomic E-state index is -1.05. The van der Waals surface area contributed by atoms with Gasteiger partial charge in [-0.15, -0.1) is 0 Å². The minimum Gasteiger partial charge on any atom is -0.497 e. The summed E-state index contributed by atoms with van der Waals surface area (Å²) >= 11 is 0. The van der Waals surface area contributed by atoms with Gasteiger partial charge in [0.25, 0.3) is 0 Å². The molecule has 0 atom stereocenters. The van der Waals surface area contributed by atoms with E-state index in [0.29, 0.717) is 11.3 Å². The summed E-state index contributed by atoms with van der Waals surface area (Å²) in [5.41, 5.74) is 1.35. The molecule has 0 radical (unpaired) electrons. The normalized spacial score (nSPS) is 10.5. The van der Waals surface area contributed by atoms with E-state index in [1.807, 2.05) is 24.3 Å². The predicted molar refractivity (Wildman–Crippen MR) is 85.9 cm³/mol. The van der Waals surface area contributed by atoms with Crippen LogP contribution < -0.4 is 9.47 Å². The number of carbonyl (C=O) groups is 2. The van der Waals surface area contributed by atoms with E-state index >= 15 is 0 Å². The molecule has 0 aliphatic carbocycles. The van der Waals surface area contributed by atoms with E-state index in [1.54, 1.807) is 37.5 Å². The second-order valence-electron chi connectivity index (χ2n) is 4.68. The van der Waals surface area contributed by atoms with Crippen LogP contribution in [-0.2, 0) is 4.79 Å². The smallest absolute Gasteiger partial charge is 0.341 e. The first-order valence-electron chi connectivity index (χ1n) is 6.89. The molecule has 2 aromatic rings. The number of carboxylic acids is 1. The molecule has 2 aromatic carbocycles. The fourth-order valence-electron chi connectivity index (χ4n) is 1.87. The summed E-state index contributed by atoms with van der Waals surface area (Å²) in [7, 11) is 1.59. The topological polar surface area (TPSA) is 72.8 Å². The Bertz CT molecular complexity index is 716. The third-order valence-electron chi connectivity index (χ3n) is 3.02. The van der Waals surface area contributed by atoms with Crippen molar-refractivity contribution >= 4 is 17.8 Å². The van der Waals surface area contributed by atoms with Gasteiger partial charge in [-0.05, 0) is 48.0 Å². The minimum absolute atomic E-state index is 0.155. The van der Waals surface area contributed by atoms with Gasteiger partial charge in [-0.2, -0.15) is 0 Å². The van der Waals surface area contributed by atoms with Crippen molar-refractivity contribution in [3.8, 4) is 11.5 Å². The van der Waals surface area contributed by atoms with E-state index in [1.165, 1.54) is 6.08 Å². The molecular weight excluding hydrogens is 296 g/mol. The highest BCUT2D eigenvalue weighted by Gasteiger charge is 2.04. The molecule has 0 aromatic heterocycles. The molecule has 2 rings (SSSR count). The van der Waals surface area contributed by atoms with Gasteiger partial charge >= 0.3 is 5.97 Å². The Morgan fingerprint density at radius 3 is 2.48 bits per heavy atom. The number of methoxy groups -OCH3 is 1. The molecule has 5 heteroatoms. The van der Waals surface area contributed by atoms with E-state index in [0.717, 1.165) is 11.3 Å². The summed E-state index contributed by atoms with van der Waals surface area (Å²) in [4.78, 5) is 22.5. The number of hydrogen-bond acceptors (Lipinski definition) is 4. The first-order chi connectivity index (χ1) is 11.1. The number of rotatable bonds is 7. The van der Waals surface area contributed by atoms with Gasteiger partial charge in [0.2, 0.25) is 0 Å². The summed E-state index contributed by atoms with van der Waals surface area (Å²) < 4.78 is 10.1. The zero-order valence-corrected chi connectivity index (χ0v) is 12.6. The monoisotopic (exact) mass is 312 g/mol. The van der Waals surface area contributed by atoms with Crippen molar-refractivity contribution in [3.05, 3.63) is 65.7 Å². The maximum absolute atomic E-state index is 12.1. The third-order valence-corrected chi connectivity index (χ3v) is 3.02.